The van der Waals surface area contributed by atoms with Crippen LogP contribution in [0.1, 0.15) is 13.3 Å². The molecule has 1 aromatic carbocycles. The molecule has 0 spiro atoms. The normalized spacial score (nSPS) is 11.2. The molecule has 6 nitrogen and oxygen atoms in total. The van der Waals surface area contributed by atoms with E-state index in [9.17, 15) is 8.42 Å². The predicted molar refractivity (Wildman–Crippen MR) is 85.1 cm³/mol. The van der Waals surface area contributed by atoms with Gasteiger partial charge in [0.1, 0.15) is 11.5 Å². The fraction of sp³-hybridized carbons (Fsp3) is 0.538. The highest BCUT2D eigenvalue weighted by Crippen LogP contribution is 2.36. The number of benzene rings is 1. The fourth-order valence-electron chi connectivity index (χ4n) is 1.67. The molecule has 2 N–H and O–H groups in total. The first-order valence-electron chi connectivity index (χ1n) is 6.56. The summed E-state index contributed by atoms with van der Waals surface area (Å²) in [7, 11) is -0.552. The second-order valence-corrected chi connectivity index (χ2v) is 6.61. The Morgan fingerprint density at radius 3 is 2.38 bits per heavy atom. The van der Waals surface area contributed by atoms with Crippen LogP contribution < -0.4 is 19.5 Å². The van der Waals surface area contributed by atoms with Gasteiger partial charge >= 0.3 is 0 Å². The zero-order chi connectivity index (χ0) is 15.9. The quantitative estimate of drug-likeness (QED) is 0.675. The SMILES string of the molecule is CCCNCCS(=O)(=O)Nc1cc(Cl)c(OC)cc1OC. The van der Waals surface area contributed by atoms with Gasteiger partial charge in [-0.1, -0.05) is 18.5 Å². The molecular formula is C13H21ClN2O4S. The molecule has 0 saturated heterocycles. The van der Waals surface area contributed by atoms with E-state index >= 15 is 0 Å². The van der Waals surface area contributed by atoms with Crippen LogP contribution in [-0.4, -0.2) is 41.5 Å². The summed E-state index contributed by atoms with van der Waals surface area (Å²) in [5, 5.41) is 3.34. The molecule has 0 aliphatic carbocycles. The van der Waals surface area contributed by atoms with Gasteiger partial charge in [0.25, 0.3) is 0 Å². The second kappa shape index (κ2) is 8.31. The number of hydrogen-bond acceptors (Lipinski definition) is 5. The highest BCUT2D eigenvalue weighted by Gasteiger charge is 2.16. The van der Waals surface area contributed by atoms with Crippen molar-refractivity contribution < 1.29 is 17.9 Å². The maximum Gasteiger partial charge on any atom is 0.234 e. The van der Waals surface area contributed by atoms with Gasteiger partial charge < -0.3 is 14.8 Å². The summed E-state index contributed by atoms with van der Waals surface area (Å²) in [4.78, 5) is 0. The highest BCUT2D eigenvalue weighted by atomic mass is 35.5. The molecule has 0 aliphatic rings. The Kier molecular flexibility index (Phi) is 7.07. The van der Waals surface area contributed by atoms with Gasteiger partial charge in [-0.05, 0) is 19.0 Å². The third kappa shape index (κ3) is 5.61. The Bertz CT molecular complexity index is 564. The average molecular weight is 337 g/mol. The molecule has 1 aromatic rings. The van der Waals surface area contributed by atoms with Gasteiger partial charge in [0.05, 0.1) is 30.7 Å². The van der Waals surface area contributed by atoms with Crippen molar-refractivity contribution in [3.63, 3.8) is 0 Å². The van der Waals surface area contributed by atoms with Gasteiger partial charge in [0.2, 0.25) is 10.0 Å². The van der Waals surface area contributed by atoms with Crippen molar-refractivity contribution in [1.82, 2.24) is 5.32 Å². The van der Waals surface area contributed by atoms with Crippen LogP contribution in [0.15, 0.2) is 12.1 Å². The standard InChI is InChI=1S/C13H21ClN2O4S/c1-4-5-15-6-7-21(17,18)16-11-8-10(14)12(19-2)9-13(11)20-3/h8-9,15-16H,4-7H2,1-3H3. The number of ether oxygens (including phenoxy) is 2. The average Bonchev–Trinajstić information content (AvgIpc) is 2.43. The molecular weight excluding hydrogens is 316 g/mol. The van der Waals surface area contributed by atoms with Crippen LogP contribution in [0.2, 0.25) is 5.02 Å². The minimum absolute atomic E-state index is 0.0280. The molecule has 0 unspecified atom stereocenters. The second-order valence-electron chi connectivity index (χ2n) is 4.36. The van der Waals surface area contributed by atoms with Gasteiger partial charge in [-0.2, -0.15) is 0 Å². The minimum Gasteiger partial charge on any atom is -0.495 e. The van der Waals surface area contributed by atoms with Crippen LogP contribution >= 0.6 is 11.6 Å². The summed E-state index contributed by atoms with van der Waals surface area (Å²) in [5.41, 5.74) is 0.291. The first kappa shape index (κ1) is 17.9. The summed E-state index contributed by atoms with van der Waals surface area (Å²) < 4.78 is 36.7. The first-order chi connectivity index (χ1) is 9.93. The maximum absolute atomic E-state index is 12.0. The molecule has 0 atom stereocenters. The maximum atomic E-state index is 12.0. The summed E-state index contributed by atoms with van der Waals surface area (Å²) in [6.45, 7) is 3.19. The lowest BCUT2D eigenvalue weighted by Crippen LogP contribution is -2.27. The molecule has 0 aromatic heterocycles. The molecule has 8 heteroatoms. The van der Waals surface area contributed by atoms with Crippen LogP contribution in [0.3, 0.4) is 0 Å². The van der Waals surface area contributed by atoms with Crippen molar-refractivity contribution in [2.24, 2.45) is 0 Å². The summed E-state index contributed by atoms with van der Waals surface area (Å²) in [6, 6.07) is 3.01. The smallest absolute Gasteiger partial charge is 0.234 e. The van der Waals surface area contributed by atoms with E-state index in [1.165, 1.54) is 26.4 Å². The topological polar surface area (TPSA) is 76.7 Å². The molecule has 21 heavy (non-hydrogen) atoms. The Labute approximate surface area is 130 Å². The number of methoxy groups -OCH3 is 2. The van der Waals surface area contributed by atoms with Gasteiger partial charge in [-0.15, -0.1) is 0 Å². The molecule has 120 valence electrons. The number of halogens is 1. The lowest BCUT2D eigenvalue weighted by Gasteiger charge is -2.14. The van der Waals surface area contributed by atoms with E-state index in [1.807, 2.05) is 6.92 Å². The van der Waals surface area contributed by atoms with E-state index < -0.39 is 10.0 Å². The molecule has 0 bridgehead atoms. The number of sulfonamides is 1. The summed E-state index contributed by atoms with van der Waals surface area (Å²) >= 11 is 6.01. The molecule has 0 radical (unpaired) electrons. The largest absolute Gasteiger partial charge is 0.495 e. The number of nitrogens with one attached hydrogen (secondary N) is 2. The van der Waals surface area contributed by atoms with Crippen molar-refractivity contribution in [3.05, 3.63) is 17.2 Å². The zero-order valence-electron chi connectivity index (χ0n) is 12.4. The third-order valence-corrected chi connectivity index (χ3v) is 4.28. The number of rotatable bonds is 9. The lowest BCUT2D eigenvalue weighted by molar-refractivity contribution is 0.396. The molecule has 1 rings (SSSR count). The van der Waals surface area contributed by atoms with Gasteiger partial charge in [0.15, 0.2) is 0 Å². The number of anilines is 1. The van der Waals surface area contributed by atoms with E-state index in [4.69, 9.17) is 21.1 Å². The van der Waals surface area contributed by atoms with E-state index in [-0.39, 0.29) is 5.75 Å². The van der Waals surface area contributed by atoms with Gasteiger partial charge in [-0.25, -0.2) is 8.42 Å². The third-order valence-electron chi connectivity index (χ3n) is 2.71. The molecule has 0 amide bonds. The predicted octanol–water partition coefficient (Wildman–Crippen LogP) is 2.10. The van der Waals surface area contributed by atoms with Crippen LogP contribution in [0, 0.1) is 0 Å². The van der Waals surface area contributed by atoms with Crippen molar-refractivity contribution >= 4 is 27.3 Å². The molecule has 0 saturated carbocycles. The summed E-state index contributed by atoms with van der Waals surface area (Å²) in [5.74, 6) is 0.738. The van der Waals surface area contributed by atoms with Crippen LogP contribution in [0.25, 0.3) is 0 Å². The fourth-order valence-corrected chi connectivity index (χ4v) is 2.92. The Morgan fingerprint density at radius 2 is 1.81 bits per heavy atom. The first-order valence-corrected chi connectivity index (χ1v) is 8.59. The van der Waals surface area contributed by atoms with Crippen LogP contribution in [0.4, 0.5) is 5.69 Å². The number of hydrogen-bond donors (Lipinski definition) is 2. The Balaban J connectivity index is 2.83. The lowest BCUT2D eigenvalue weighted by atomic mass is 10.3. The van der Waals surface area contributed by atoms with E-state index in [2.05, 4.69) is 10.0 Å². The van der Waals surface area contributed by atoms with E-state index in [0.29, 0.717) is 28.8 Å². The van der Waals surface area contributed by atoms with Crippen molar-refractivity contribution in [2.75, 3.05) is 37.8 Å². The Hall–Kier alpha value is -1.18. The van der Waals surface area contributed by atoms with E-state index in [0.717, 1.165) is 13.0 Å². The van der Waals surface area contributed by atoms with E-state index in [1.54, 1.807) is 0 Å². The van der Waals surface area contributed by atoms with Crippen LogP contribution in [0.5, 0.6) is 11.5 Å². The monoisotopic (exact) mass is 336 g/mol. The highest BCUT2D eigenvalue weighted by molar-refractivity contribution is 7.92. The minimum atomic E-state index is -3.48. The molecule has 0 aliphatic heterocycles. The van der Waals surface area contributed by atoms with Gasteiger partial charge in [0, 0.05) is 12.6 Å². The molecule has 0 heterocycles. The van der Waals surface area contributed by atoms with Crippen molar-refractivity contribution in [1.29, 1.82) is 0 Å². The van der Waals surface area contributed by atoms with Crippen molar-refractivity contribution in [3.8, 4) is 11.5 Å². The molecule has 0 fully saturated rings. The van der Waals surface area contributed by atoms with Crippen LogP contribution in [-0.2, 0) is 10.0 Å². The Morgan fingerprint density at radius 1 is 1.14 bits per heavy atom. The van der Waals surface area contributed by atoms with Crippen molar-refractivity contribution in [2.45, 2.75) is 13.3 Å². The van der Waals surface area contributed by atoms with Gasteiger partial charge in [-0.3, -0.25) is 4.72 Å². The zero-order valence-corrected chi connectivity index (χ0v) is 14.0. The summed E-state index contributed by atoms with van der Waals surface area (Å²) in [6.07, 6.45) is 0.954.